The van der Waals surface area contributed by atoms with Gasteiger partial charge in [-0.2, -0.15) is 0 Å². The maximum atomic E-state index is 12.1. The highest BCUT2D eigenvalue weighted by Crippen LogP contribution is 2.26. The SMILES string of the molecule is CN1CCN(C)[C@@H](CNC(=O)NC(C)(C)CC(C)(C)C)C1. The molecule has 1 heterocycles. The lowest BCUT2D eigenvalue weighted by molar-refractivity contribution is 0.114. The van der Waals surface area contributed by atoms with Gasteiger partial charge >= 0.3 is 6.03 Å². The monoisotopic (exact) mass is 298 g/mol. The van der Waals surface area contributed by atoms with Crippen LogP contribution in [0.25, 0.3) is 0 Å². The van der Waals surface area contributed by atoms with E-state index in [-0.39, 0.29) is 17.0 Å². The molecule has 0 radical (unpaired) electrons. The number of piperazine rings is 1. The third-order valence-electron chi connectivity index (χ3n) is 3.90. The predicted molar refractivity (Wildman–Crippen MR) is 88.6 cm³/mol. The van der Waals surface area contributed by atoms with Crippen LogP contribution in [0.4, 0.5) is 4.79 Å². The largest absolute Gasteiger partial charge is 0.337 e. The molecule has 2 N–H and O–H groups in total. The summed E-state index contributed by atoms with van der Waals surface area (Å²) in [6.07, 6.45) is 0.944. The van der Waals surface area contributed by atoms with Crippen LogP contribution in [0.5, 0.6) is 0 Å². The van der Waals surface area contributed by atoms with Crippen LogP contribution in [-0.2, 0) is 0 Å². The lowest BCUT2D eigenvalue weighted by atomic mass is 9.82. The highest BCUT2D eigenvalue weighted by Gasteiger charge is 2.28. The number of nitrogens with one attached hydrogen (secondary N) is 2. The number of amides is 2. The molecule has 1 rings (SSSR count). The van der Waals surface area contributed by atoms with Crippen molar-refractivity contribution in [2.24, 2.45) is 5.41 Å². The zero-order chi connectivity index (χ0) is 16.3. The molecule has 0 aromatic carbocycles. The van der Waals surface area contributed by atoms with Crippen molar-refractivity contribution in [2.75, 3.05) is 40.3 Å². The molecule has 5 nitrogen and oxygen atoms in total. The van der Waals surface area contributed by atoms with E-state index in [0.29, 0.717) is 12.6 Å². The van der Waals surface area contributed by atoms with E-state index in [0.717, 1.165) is 26.1 Å². The average Bonchev–Trinajstić information content (AvgIpc) is 2.26. The van der Waals surface area contributed by atoms with E-state index in [1.165, 1.54) is 0 Å². The van der Waals surface area contributed by atoms with Gasteiger partial charge in [0.05, 0.1) is 0 Å². The topological polar surface area (TPSA) is 47.6 Å². The molecule has 2 amide bonds. The molecular weight excluding hydrogens is 264 g/mol. The Labute approximate surface area is 130 Å². The summed E-state index contributed by atoms with van der Waals surface area (Å²) < 4.78 is 0. The van der Waals surface area contributed by atoms with Gasteiger partial charge in [-0.15, -0.1) is 0 Å². The minimum Gasteiger partial charge on any atom is -0.337 e. The van der Waals surface area contributed by atoms with Crippen LogP contribution in [-0.4, -0.2) is 67.7 Å². The second-order valence-corrected chi connectivity index (χ2v) is 8.35. The first-order chi connectivity index (χ1) is 9.48. The molecule has 1 fully saturated rings. The van der Waals surface area contributed by atoms with Gasteiger partial charge < -0.3 is 15.5 Å². The molecule has 5 heteroatoms. The number of carbonyl (C=O) groups is 1. The fourth-order valence-corrected chi connectivity index (χ4v) is 3.25. The molecule has 0 aromatic rings. The Kier molecular flexibility index (Phi) is 6.05. The summed E-state index contributed by atoms with van der Waals surface area (Å²) in [5, 5.41) is 6.12. The maximum absolute atomic E-state index is 12.1. The summed E-state index contributed by atoms with van der Waals surface area (Å²) in [4.78, 5) is 16.8. The van der Waals surface area contributed by atoms with Gasteiger partial charge in [0.1, 0.15) is 0 Å². The molecular formula is C16H34N4O. The first-order valence-corrected chi connectivity index (χ1v) is 7.93. The predicted octanol–water partition coefficient (Wildman–Crippen LogP) is 1.75. The molecule has 0 saturated carbocycles. The minimum absolute atomic E-state index is 0.0640. The highest BCUT2D eigenvalue weighted by molar-refractivity contribution is 5.74. The van der Waals surface area contributed by atoms with Crippen molar-refractivity contribution in [1.82, 2.24) is 20.4 Å². The molecule has 0 unspecified atom stereocenters. The maximum Gasteiger partial charge on any atom is 0.315 e. The van der Waals surface area contributed by atoms with E-state index in [4.69, 9.17) is 0 Å². The van der Waals surface area contributed by atoms with Gasteiger partial charge in [0, 0.05) is 37.8 Å². The van der Waals surface area contributed by atoms with Gasteiger partial charge in [0.25, 0.3) is 0 Å². The second kappa shape index (κ2) is 6.97. The standard InChI is InChI=1S/C16H34N4O/c1-15(2,3)12-16(4,5)18-14(21)17-10-13-11-19(6)8-9-20(13)7/h13H,8-12H2,1-7H3,(H2,17,18,21)/t13-/m0/s1. The number of likely N-dealkylation sites (N-methyl/N-ethyl adjacent to an activating group) is 2. The van der Waals surface area contributed by atoms with Crippen LogP contribution in [0, 0.1) is 5.41 Å². The quantitative estimate of drug-likeness (QED) is 0.831. The van der Waals surface area contributed by atoms with Crippen molar-refractivity contribution in [3.05, 3.63) is 0 Å². The average molecular weight is 298 g/mol. The van der Waals surface area contributed by atoms with E-state index < -0.39 is 0 Å². The summed E-state index contributed by atoms with van der Waals surface area (Å²) >= 11 is 0. The van der Waals surface area contributed by atoms with Crippen LogP contribution in [0.2, 0.25) is 0 Å². The van der Waals surface area contributed by atoms with Crippen LogP contribution >= 0.6 is 0 Å². The van der Waals surface area contributed by atoms with Crippen molar-refractivity contribution in [3.63, 3.8) is 0 Å². The van der Waals surface area contributed by atoms with E-state index in [1.807, 2.05) is 0 Å². The van der Waals surface area contributed by atoms with E-state index >= 15 is 0 Å². The van der Waals surface area contributed by atoms with E-state index in [1.54, 1.807) is 0 Å². The van der Waals surface area contributed by atoms with Gasteiger partial charge in [-0.05, 0) is 39.8 Å². The number of nitrogens with zero attached hydrogens (tertiary/aromatic N) is 2. The summed E-state index contributed by atoms with van der Waals surface area (Å²) in [5.74, 6) is 0. The Morgan fingerprint density at radius 1 is 1.14 bits per heavy atom. The zero-order valence-corrected chi connectivity index (χ0v) is 14.9. The second-order valence-electron chi connectivity index (χ2n) is 8.35. The summed E-state index contributed by atoms with van der Waals surface area (Å²) in [6, 6.07) is 0.325. The normalized spacial score (nSPS) is 22.1. The summed E-state index contributed by atoms with van der Waals surface area (Å²) in [6.45, 7) is 14.6. The molecule has 0 aliphatic carbocycles. The number of carbonyl (C=O) groups excluding carboxylic acids is 1. The van der Waals surface area contributed by atoms with Gasteiger partial charge in [0.2, 0.25) is 0 Å². The third-order valence-corrected chi connectivity index (χ3v) is 3.90. The fraction of sp³-hybridized carbons (Fsp3) is 0.938. The van der Waals surface area contributed by atoms with Crippen molar-refractivity contribution < 1.29 is 4.79 Å². The minimum atomic E-state index is -0.197. The molecule has 0 spiro atoms. The summed E-state index contributed by atoms with van der Waals surface area (Å²) in [5.41, 5.74) is 0.000666. The lowest BCUT2D eigenvalue weighted by Gasteiger charge is -2.38. The smallest absolute Gasteiger partial charge is 0.315 e. The van der Waals surface area contributed by atoms with Crippen LogP contribution in [0.3, 0.4) is 0 Å². The van der Waals surface area contributed by atoms with Crippen molar-refractivity contribution in [1.29, 1.82) is 0 Å². The number of hydrogen-bond donors (Lipinski definition) is 2. The Hall–Kier alpha value is -0.810. The molecule has 0 bridgehead atoms. The number of urea groups is 1. The van der Waals surface area contributed by atoms with Crippen molar-refractivity contribution in [3.8, 4) is 0 Å². The molecule has 21 heavy (non-hydrogen) atoms. The lowest BCUT2D eigenvalue weighted by Crippen LogP contribution is -2.57. The summed E-state index contributed by atoms with van der Waals surface area (Å²) in [7, 11) is 4.26. The number of rotatable bonds is 4. The third kappa shape index (κ3) is 7.14. The molecule has 1 saturated heterocycles. The Balaban J connectivity index is 2.39. The Morgan fingerprint density at radius 2 is 1.76 bits per heavy atom. The highest BCUT2D eigenvalue weighted by atomic mass is 16.2. The molecule has 1 aliphatic rings. The van der Waals surface area contributed by atoms with Crippen LogP contribution in [0.15, 0.2) is 0 Å². The zero-order valence-electron chi connectivity index (χ0n) is 14.9. The molecule has 1 aliphatic heterocycles. The van der Waals surface area contributed by atoms with Crippen molar-refractivity contribution >= 4 is 6.03 Å². The fourth-order valence-electron chi connectivity index (χ4n) is 3.25. The molecule has 1 atom stereocenters. The van der Waals surface area contributed by atoms with Gasteiger partial charge in [-0.1, -0.05) is 20.8 Å². The van der Waals surface area contributed by atoms with E-state index in [2.05, 4.69) is 69.1 Å². The van der Waals surface area contributed by atoms with Gasteiger partial charge in [0.15, 0.2) is 0 Å². The molecule has 0 aromatic heterocycles. The van der Waals surface area contributed by atoms with E-state index in [9.17, 15) is 4.79 Å². The number of hydrogen-bond acceptors (Lipinski definition) is 3. The van der Waals surface area contributed by atoms with Crippen molar-refractivity contribution in [2.45, 2.75) is 52.6 Å². The van der Waals surface area contributed by atoms with Crippen LogP contribution in [0.1, 0.15) is 41.0 Å². The van der Waals surface area contributed by atoms with Gasteiger partial charge in [-0.25, -0.2) is 4.79 Å². The van der Waals surface area contributed by atoms with Crippen LogP contribution < -0.4 is 10.6 Å². The van der Waals surface area contributed by atoms with Gasteiger partial charge in [-0.3, -0.25) is 4.90 Å². The first kappa shape index (κ1) is 18.2. The Bertz CT molecular complexity index is 349. The first-order valence-electron chi connectivity index (χ1n) is 7.93. The molecule has 124 valence electrons. The Morgan fingerprint density at radius 3 is 2.33 bits per heavy atom.